The lowest BCUT2D eigenvalue weighted by atomic mass is 10.2. The Kier molecular flexibility index (Phi) is 2.83. The van der Waals surface area contributed by atoms with Crippen molar-refractivity contribution in [1.82, 2.24) is 10.1 Å². The molecule has 0 unspecified atom stereocenters. The number of fused-ring (bicyclic) bond motifs is 1. The van der Waals surface area contributed by atoms with E-state index in [1.54, 1.807) is 11.8 Å². The Hall–Kier alpha value is -1.75. The number of nitrogens with zero attached hydrogens (tertiary/aromatic N) is 2. The molecule has 0 radical (unpaired) electrons. The fraction of sp³-hybridized carbons (Fsp3) is 0.231. The van der Waals surface area contributed by atoms with Crippen LogP contribution >= 0.6 is 11.8 Å². The topological polar surface area (TPSA) is 52.1 Å². The molecule has 0 spiro atoms. The molecule has 0 saturated carbocycles. The molecule has 5 heteroatoms. The summed E-state index contributed by atoms with van der Waals surface area (Å²) in [7, 11) is 0. The summed E-state index contributed by atoms with van der Waals surface area (Å²) >= 11 is 1.55. The number of oxazole rings is 1. The minimum atomic E-state index is 0.677. The number of hydrogen-bond acceptors (Lipinski definition) is 5. The monoisotopic (exact) mass is 260 g/mol. The van der Waals surface area contributed by atoms with Crippen LogP contribution in [0.3, 0.4) is 0 Å². The molecule has 0 bridgehead atoms. The molecule has 0 N–H and O–H groups in total. The number of rotatable bonds is 3. The van der Waals surface area contributed by atoms with Crippen LogP contribution in [0.15, 0.2) is 38.4 Å². The van der Waals surface area contributed by atoms with E-state index in [4.69, 9.17) is 8.94 Å². The Morgan fingerprint density at radius 2 is 2.06 bits per heavy atom. The second kappa shape index (κ2) is 4.49. The number of para-hydroxylation sites is 2. The number of aryl methyl sites for hydroxylation is 2. The minimum Gasteiger partial charge on any atom is -0.431 e. The molecule has 1 aromatic carbocycles. The van der Waals surface area contributed by atoms with E-state index in [9.17, 15) is 0 Å². The van der Waals surface area contributed by atoms with Gasteiger partial charge in [-0.05, 0) is 26.0 Å². The number of benzene rings is 1. The van der Waals surface area contributed by atoms with Crippen molar-refractivity contribution in [3.8, 4) is 0 Å². The molecule has 0 aliphatic rings. The molecule has 0 aliphatic heterocycles. The summed E-state index contributed by atoms with van der Waals surface area (Å²) in [6.45, 7) is 3.86. The van der Waals surface area contributed by atoms with Gasteiger partial charge in [0.25, 0.3) is 5.22 Å². The van der Waals surface area contributed by atoms with Crippen molar-refractivity contribution < 1.29 is 8.94 Å². The zero-order valence-corrected chi connectivity index (χ0v) is 11.0. The van der Waals surface area contributed by atoms with E-state index in [2.05, 4.69) is 10.1 Å². The van der Waals surface area contributed by atoms with Gasteiger partial charge < -0.3 is 8.94 Å². The van der Waals surface area contributed by atoms with Gasteiger partial charge in [0.15, 0.2) is 5.58 Å². The van der Waals surface area contributed by atoms with Crippen molar-refractivity contribution in [2.45, 2.75) is 24.8 Å². The first-order chi connectivity index (χ1) is 8.74. The molecule has 3 aromatic rings. The van der Waals surface area contributed by atoms with Crippen molar-refractivity contribution in [1.29, 1.82) is 0 Å². The number of aromatic nitrogens is 2. The molecule has 3 rings (SSSR count). The third kappa shape index (κ3) is 2.01. The maximum absolute atomic E-state index is 5.65. The fourth-order valence-electron chi connectivity index (χ4n) is 1.75. The molecule has 0 fully saturated rings. The van der Waals surface area contributed by atoms with Crippen molar-refractivity contribution >= 4 is 22.9 Å². The third-order valence-corrected chi connectivity index (χ3v) is 3.65. The summed E-state index contributed by atoms with van der Waals surface area (Å²) in [4.78, 5) is 4.42. The maximum Gasteiger partial charge on any atom is 0.257 e. The summed E-state index contributed by atoms with van der Waals surface area (Å²) in [5.41, 5.74) is 3.75. The van der Waals surface area contributed by atoms with E-state index in [0.717, 1.165) is 33.9 Å². The Bertz CT molecular complexity index is 635. The lowest BCUT2D eigenvalue weighted by Crippen LogP contribution is -1.84. The van der Waals surface area contributed by atoms with Gasteiger partial charge in [-0.1, -0.05) is 29.1 Å². The molecular weight excluding hydrogens is 248 g/mol. The van der Waals surface area contributed by atoms with Crippen LogP contribution in [0.1, 0.15) is 17.0 Å². The SMILES string of the molecule is Cc1noc(C)c1CSc1nc2ccccc2o1. The van der Waals surface area contributed by atoms with E-state index in [0.29, 0.717) is 5.22 Å². The normalized spacial score (nSPS) is 11.2. The molecule has 0 aliphatic carbocycles. The van der Waals surface area contributed by atoms with E-state index >= 15 is 0 Å². The first-order valence-electron chi connectivity index (χ1n) is 5.64. The summed E-state index contributed by atoms with van der Waals surface area (Å²) in [6, 6.07) is 7.75. The molecule has 92 valence electrons. The maximum atomic E-state index is 5.65. The molecule has 18 heavy (non-hydrogen) atoms. The van der Waals surface area contributed by atoms with Gasteiger partial charge >= 0.3 is 0 Å². The van der Waals surface area contributed by atoms with Gasteiger partial charge in [-0.3, -0.25) is 0 Å². The van der Waals surface area contributed by atoms with Crippen LogP contribution in [0, 0.1) is 13.8 Å². The summed E-state index contributed by atoms with van der Waals surface area (Å²) in [5, 5.41) is 4.61. The van der Waals surface area contributed by atoms with Crippen molar-refractivity contribution in [2.75, 3.05) is 0 Å². The second-order valence-electron chi connectivity index (χ2n) is 4.04. The smallest absolute Gasteiger partial charge is 0.257 e. The minimum absolute atomic E-state index is 0.677. The highest BCUT2D eigenvalue weighted by Gasteiger charge is 2.12. The summed E-state index contributed by atoms with van der Waals surface area (Å²) in [5.74, 6) is 1.62. The van der Waals surface area contributed by atoms with Crippen LogP contribution in [-0.2, 0) is 5.75 Å². The van der Waals surface area contributed by atoms with Gasteiger partial charge in [-0.15, -0.1) is 0 Å². The van der Waals surface area contributed by atoms with Gasteiger partial charge in [0, 0.05) is 11.3 Å². The van der Waals surface area contributed by atoms with E-state index in [-0.39, 0.29) is 0 Å². The molecular formula is C13H12N2O2S. The number of hydrogen-bond donors (Lipinski definition) is 0. The zero-order valence-electron chi connectivity index (χ0n) is 10.1. The average Bonchev–Trinajstić information content (AvgIpc) is 2.91. The fourth-order valence-corrected chi connectivity index (χ4v) is 2.75. The second-order valence-corrected chi connectivity index (χ2v) is 4.97. The highest BCUT2D eigenvalue weighted by atomic mass is 32.2. The average molecular weight is 260 g/mol. The van der Waals surface area contributed by atoms with Gasteiger partial charge in [-0.2, -0.15) is 0 Å². The lowest BCUT2D eigenvalue weighted by Gasteiger charge is -1.95. The predicted molar refractivity (Wildman–Crippen MR) is 69.5 cm³/mol. The molecule has 0 atom stereocenters. The van der Waals surface area contributed by atoms with Gasteiger partial charge in [0.05, 0.1) is 5.69 Å². The first kappa shape index (κ1) is 11.3. The molecule has 2 aromatic heterocycles. The van der Waals surface area contributed by atoms with Crippen LogP contribution in [0.5, 0.6) is 0 Å². The van der Waals surface area contributed by atoms with E-state index < -0.39 is 0 Å². The van der Waals surface area contributed by atoms with Crippen LogP contribution in [-0.4, -0.2) is 10.1 Å². The van der Waals surface area contributed by atoms with Crippen LogP contribution in [0.4, 0.5) is 0 Å². The standard InChI is InChI=1S/C13H12N2O2S/c1-8-10(9(2)17-15-8)7-18-13-14-11-5-3-4-6-12(11)16-13/h3-6H,7H2,1-2H3. The van der Waals surface area contributed by atoms with Crippen molar-refractivity contribution in [2.24, 2.45) is 0 Å². The molecule has 2 heterocycles. The largest absolute Gasteiger partial charge is 0.431 e. The van der Waals surface area contributed by atoms with Crippen LogP contribution in [0.25, 0.3) is 11.1 Å². The van der Waals surface area contributed by atoms with Crippen LogP contribution < -0.4 is 0 Å². The number of thioether (sulfide) groups is 1. The lowest BCUT2D eigenvalue weighted by molar-refractivity contribution is 0.392. The Labute approximate surface area is 108 Å². The molecule has 4 nitrogen and oxygen atoms in total. The Balaban J connectivity index is 1.81. The Morgan fingerprint density at radius 3 is 2.78 bits per heavy atom. The Morgan fingerprint density at radius 1 is 1.22 bits per heavy atom. The summed E-state index contributed by atoms with van der Waals surface area (Å²) in [6.07, 6.45) is 0. The van der Waals surface area contributed by atoms with Crippen molar-refractivity contribution in [3.63, 3.8) is 0 Å². The van der Waals surface area contributed by atoms with Gasteiger partial charge in [0.1, 0.15) is 11.3 Å². The molecule has 0 amide bonds. The van der Waals surface area contributed by atoms with Gasteiger partial charge in [0.2, 0.25) is 0 Å². The van der Waals surface area contributed by atoms with E-state index in [1.165, 1.54) is 0 Å². The molecule has 0 saturated heterocycles. The quantitative estimate of drug-likeness (QED) is 0.672. The van der Waals surface area contributed by atoms with E-state index in [1.807, 2.05) is 38.1 Å². The highest BCUT2D eigenvalue weighted by molar-refractivity contribution is 7.98. The zero-order chi connectivity index (χ0) is 12.5. The van der Waals surface area contributed by atoms with Gasteiger partial charge in [-0.25, -0.2) is 4.98 Å². The first-order valence-corrected chi connectivity index (χ1v) is 6.63. The van der Waals surface area contributed by atoms with Crippen LogP contribution in [0.2, 0.25) is 0 Å². The van der Waals surface area contributed by atoms with Crippen molar-refractivity contribution in [3.05, 3.63) is 41.3 Å². The highest BCUT2D eigenvalue weighted by Crippen LogP contribution is 2.28. The third-order valence-electron chi connectivity index (χ3n) is 2.80. The predicted octanol–water partition coefficient (Wildman–Crippen LogP) is 3.72. The summed E-state index contributed by atoms with van der Waals surface area (Å²) < 4.78 is 10.8.